The summed E-state index contributed by atoms with van der Waals surface area (Å²) in [6, 6.07) is 7.45. The Balaban J connectivity index is 2.61. The van der Waals surface area contributed by atoms with Crippen LogP contribution in [0, 0.1) is 0 Å². The highest BCUT2D eigenvalue weighted by atomic mass is 16.7. The minimum Gasteiger partial charge on any atom is -0.481 e. The largest absolute Gasteiger partial charge is 0.481 e. The van der Waals surface area contributed by atoms with Gasteiger partial charge in [-0.2, -0.15) is 5.48 Å². The second-order valence-electron chi connectivity index (χ2n) is 4.87. The van der Waals surface area contributed by atoms with E-state index < -0.39 is 5.97 Å². The summed E-state index contributed by atoms with van der Waals surface area (Å²) in [4.78, 5) is 16.1. The van der Waals surface area contributed by atoms with Crippen LogP contribution in [0.1, 0.15) is 31.9 Å². The van der Waals surface area contributed by atoms with E-state index in [0.29, 0.717) is 6.54 Å². The Morgan fingerprint density at radius 3 is 2.41 bits per heavy atom. The Bertz CT molecular complexity index is 382. The summed E-state index contributed by atoms with van der Waals surface area (Å²) in [5.41, 5.74) is 4.35. The highest BCUT2D eigenvalue weighted by Crippen LogP contribution is 2.11. The van der Waals surface area contributed by atoms with E-state index >= 15 is 0 Å². The number of hydrogen-bond donors (Lipinski definition) is 2. The molecule has 1 aromatic carbocycles. The molecule has 2 N–H and O–H groups in total. The molecule has 1 aromatic rings. The molecule has 0 amide bonds. The lowest BCUT2D eigenvalue weighted by molar-refractivity contribution is -0.136. The van der Waals surface area contributed by atoms with Crippen LogP contribution < -0.4 is 5.48 Å². The van der Waals surface area contributed by atoms with Crippen molar-refractivity contribution in [3.8, 4) is 0 Å². The summed E-state index contributed by atoms with van der Waals surface area (Å²) in [5.74, 6) is -0.825. The molecular formula is C13H19NO3. The van der Waals surface area contributed by atoms with Gasteiger partial charge in [-0.25, -0.2) is 0 Å². The second-order valence-corrected chi connectivity index (χ2v) is 4.87. The van der Waals surface area contributed by atoms with E-state index in [9.17, 15) is 4.79 Å². The van der Waals surface area contributed by atoms with Gasteiger partial charge in [-0.1, -0.05) is 24.3 Å². The highest BCUT2D eigenvalue weighted by Gasteiger charge is 2.11. The van der Waals surface area contributed by atoms with E-state index in [1.165, 1.54) is 0 Å². The van der Waals surface area contributed by atoms with Crippen LogP contribution >= 0.6 is 0 Å². The molecule has 1 rings (SSSR count). The third-order valence-electron chi connectivity index (χ3n) is 2.10. The van der Waals surface area contributed by atoms with Crippen LogP contribution in [0.15, 0.2) is 24.3 Å². The summed E-state index contributed by atoms with van der Waals surface area (Å²) < 4.78 is 0. The number of hydrogen-bond acceptors (Lipinski definition) is 3. The Kier molecular flexibility index (Phi) is 4.66. The van der Waals surface area contributed by atoms with E-state index in [1.807, 2.05) is 45.0 Å². The summed E-state index contributed by atoms with van der Waals surface area (Å²) in [5, 5.41) is 8.79. The molecule has 0 spiro atoms. The number of benzene rings is 1. The first-order valence-corrected chi connectivity index (χ1v) is 5.58. The normalized spacial score (nSPS) is 11.5. The van der Waals surface area contributed by atoms with E-state index in [1.54, 1.807) is 0 Å². The molecule has 0 heterocycles. The molecule has 0 atom stereocenters. The predicted molar refractivity (Wildman–Crippen MR) is 65.5 cm³/mol. The minimum absolute atomic E-state index is 0.0351. The molecule has 4 nitrogen and oxygen atoms in total. The van der Waals surface area contributed by atoms with Gasteiger partial charge in [0.25, 0.3) is 0 Å². The van der Waals surface area contributed by atoms with E-state index in [0.717, 1.165) is 11.1 Å². The Hall–Kier alpha value is -1.39. The first-order chi connectivity index (χ1) is 7.88. The van der Waals surface area contributed by atoms with Crippen LogP contribution in [0.25, 0.3) is 0 Å². The topological polar surface area (TPSA) is 58.6 Å². The van der Waals surface area contributed by atoms with Gasteiger partial charge < -0.3 is 5.11 Å². The van der Waals surface area contributed by atoms with Crippen molar-refractivity contribution in [1.29, 1.82) is 0 Å². The average molecular weight is 237 g/mol. The van der Waals surface area contributed by atoms with Gasteiger partial charge in [-0.3, -0.25) is 9.63 Å². The maximum absolute atomic E-state index is 10.7. The summed E-state index contributed by atoms with van der Waals surface area (Å²) in [6.07, 6.45) is 0.0351. The van der Waals surface area contributed by atoms with Crippen LogP contribution in [0.5, 0.6) is 0 Å². The van der Waals surface area contributed by atoms with Gasteiger partial charge >= 0.3 is 5.97 Å². The van der Waals surface area contributed by atoms with Crippen molar-refractivity contribution in [1.82, 2.24) is 5.48 Å². The molecule has 0 fully saturated rings. The molecule has 0 aromatic heterocycles. The van der Waals surface area contributed by atoms with Crippen molar-refractivity contribution in [2.75, 3.05) is 0 Å². The lowest BCUT2D eigenvalue weighted by Crippen LogP contribution is -2.29. The lowest BCUT2D eigenvalue weighted by Gasteiger charge is -2.20. The Morgan fingerprint density at radius 2 is 1.88 bits per heavy atom. The molecule has 4 heteroatoms. The molecule has 0 radical (unpaired) electrons. The number of rotatable bonds is 5. The quantitative estimate of drug-likeness (QED) is 0.770. The zero-order valence-corrected chi connectivity index (χ0v) is 10.5. The van der Waals surface area contributed by atoms with Gasteiger partial charge in [0.1, 0.15) is 0 Å². The fraction of sp³-hybridized carbons (Fsp3) is 0.462. The van der Waals surface area contributed by atoms with E-state index in [4.69, 9.17) is 9.94 Å². The average Bonchev–Trinajstić information content (AvgIpc) is 2.18. The molecule has 0 aliphatic heterocycles. The fourth-order valence-electron chi connectivity index (χ4n) is 1.40. The second kappa shape index (κ2) is 5.80. The van der Waals surface area contributed by atoms with Crippen LogP contribution in [0.4, 0.5) is 0 Å². The SMILES string of the molecule is CC(C)(C)ONCc1ccccc1CC(=O)O. The minimum atomic E-state index is -0.825. The van der Waals surface area contributed by atoms with Crippen molar-refractivity contribution < 1.29 is 14.7 Å². The van der Waals surface area contributed by atoms with Gasteiger partial charge in [-0.05, 0) is 31.9 Å². The maximum atomic E-state index is 10.7. The van der Waals surface area contributed by atoms with Gasteiger partial charge in [-0.15, -0.1) is 0 Å². The van der Waals surface area contributed by atoms with Gasteiger partial charge in [0.15, 0.2) is 0 Å². The standard InChI is InChI=1S/C13H19NO3/c1-13(2,3)17-14-9-11-7-5-4-6-10(11)8-12(15)16/h4-7,14H,8-9H2,1-3H3,(H,15,16). The highest BCUT2D eigenvalue weighted by molar-refractivity contribution is 5.70. The monoisotopic (exact) mass is 237 g/mol. The fourth-order valence-corrected chi connectivity index (χ4v) is 1.40. The number of nitrogens with one attached hydrogen (secondary N) is 1. The number of carboxylic acid groups (broad SMARTS) is 1. The third-order valence-corrected chi connectivity index (χ3v) is 2.10. The molecule has 17 heavy (non-hydrogen) atoms. The smallest absolute Gasteiger partial charge is 0.307 e. The van der Waals surface area contributed by atoms with Gasteiger partial charge in [0, 0.05) is 6.54 Å². The first-order valence-electron chi connectivity index (χ1n) is 5.58. The van der Waals surface area contributed by atoms with Gasteiger partial charge in [0.05, 0.1) is 12.0 Å². The van der Waals surface area contributed by atoms with Gasteiger partial charge in [0.2, 0.25) is 0 Å². The van der Waals surface area contributed by atoms with Crippen molar-refractivity contribution in [2.24, 2.45) is 0 Å². The van der Waals surface area contributed by atoms with Crippen molar-refractivity contribution >= 4 is 5.97 Å². The Labute approximate surface area is 102 Å². The van der Waals surface area contributed by atoms with E-state index in [2.05, 4.69) is 5.48 Å². The number of hydroxylamine groups is 1. The zero-order valence-electron chi connectivity index (χ0n) is 10.5. The summed E-state index contributed by atoms with van der Waals surface area (Å²) >= 11 is 0. The molecule has 0 bridgehead atoms. The van der Waals surface area contributed by atoms with Crippen molar-refractivity contribution in [2.45, 2.75) is 39.3 Å². The van der Waals surface area contributed by atoms with E-state index in [-0.39, 0.29) is 12.0 Å². The molecule has 0 unspecified atom stereocenters. The number of carboxylic acids is 1. The van der Waals surface area contributed by atoms with Crippen LogP contribution in [0.2, 0.25) is 0 Å². The van der Waals surface area contributed by atoms with Crippen molar-refractivity contribution in [3.63, 3.8) is 0 Å². The van der Waals surface area contributed by atoms with Crippen molar-refractivity contribution in [3.05, 3.63) is 35.4 Å². The molecule has 0 aliphatic rings. The lowest BCUT2D eigenvalue weighted by atomic mass is 10.1. The molecular weight excluding hydrogens is 218 g/mol. The molecule has 0 aliphatic carbocycles. The molecule has 94 valence electrons. The summed E-state index contributed by atoms with van der Waals surface area (Å²) in [6.45, 7) is 6.34. The summed E-state index contributed by atoms with van der Waals surface area (Å²) in [7, 11) is 0. The maximum Gasteiger partial charge on any atom is 0.307 e. The van der Waals surface area contributed by atoms with Crippen LogP contribution in [0.3, 0.4) is 0 Å². The number of carbonyl (C=O) groups is 1. The predicted octanol–water partition coefficient (Wildman–Crippen LogP) is 2.13. The Morgan fingerprint density at radius 1 is 1.29 bits per heavy atom. The first kappa shape index (κ1) is 13.7. The number of aliphatic carboxylic acids is 1. The van der Waals surface area contributed by atoms with Crippen LogP contribution in [-0.2, 0) is 22.6 Å². The molecule has 0 saturated carbocycles. The zero-order chi connectivity index (χ0) is 12.9. The third kappa shape index (κ3) is 5.47. The van der Waals surface area contributed by atoms with Crippen LogP contribution in [-0.4, -0.2) is 16.7 Å². The molecule has 0 saturated heterocycles.